The zero-order valence-corrected chi connectivity index (χ0v) is 16.7. The van der Waals surface area contributed by atoms with E-state index in [-0.39, 0.29) is 45.4 Å². The molecule has 1 saturated heterocycles. The SMILES string of the molecule is O=C(CN1C(=O)[C@H]2C[C@@H](Br)[C@@H](Br)C[C@H]2C1=O)Nc1ccc(C(=O)O)cc1. The molecule has 3 amide bonds. The van der Waals surface area contributed by atoms with E-state index in [2.05, 4.69) is 37.2 Å². The van der Waals surface area contributed by atoms with Crippen molar-refractivity contribution in [3.05, 3.63) is 29.8 Å². The topological polar surface area (TPSA) is 104 Å². The lowest BCUT2D eigenvalue weighted by molar-refractivity contribution is -0.142. The summed E-state index contributed by atoms with van der Waals surface area (Å²) in [6.45, 7) is -0.342. The quantitative estimate of drug-likeness (QED) is 0.500. The number of rotatable bonds is 4. The van der Waals surface area contributed by atoms with Crippen molar-refractivity contribution in [2.24, 2.45) is 11.8 Å². The molecule has 4 atom stereocenters. The number of carboxylic acids is 1. The Bertz CT molecular complexity index is 739. The van der Waals surface area contributed by atoms with Crippen molar-refractivity contribution in [2.75, 3.05) is 11.9 Å². The van der Waals surface area contributed by atoms with Gasteiger partial charge in [0.2, 0.25) is 17.7 Å². The molecule has 0 unspecified atom stereocenters. The maximum Gasteiger partial charge on any atom is 0.335 e. The summed E-state index contributed by atoms with van der Waals surface area (Å²) in [6, 6.07) is 5.65. The molecule has 138 valence electrons. The molecule has 1 aromatic carbocycles. The number of hydrogen-bond donors (Lipinski definition) is 2. The standard InChI is InChI=1S/C17H16Br2N2O5/c18-12-5-10-11(6-13(12)19)16(24)21(15(10)23)7-14(22)20-9-3-1-8(2-4-9)17(25)26/h1-4,10-13H,5-7H2,(H,20,22)(H,25,26)/t10-,11+,12+,13-. The van der Waals surface area contributed by atoms with Gasteiger partial charge in [0.1, 0.15) is 6.54 Å². The van der Waals surface area contributed by atoms with Crippen molar-refractivity contribution in [3.63, 3.8) is 0 Å². The highest BCUT2D eigenvalue weighted by Gasteiger charge is 2.52. The number of benzene rings is 1. The third-order valence-corrected chi connectivity index (χ3v) is 7.45. The maximum atomic E-state index is 12.5. The number of aromatic carboxylic acids is 1. The van der Waals surface area contributed by atoms with Crippen LogP contribution in [0.5, 0.6) is 0 Å². The number of hydrogen-bond acceptors (Lipinski definition) is 4. The molecule has 0 bridgehead atoms. The Balaban J connectivity index is 1.65. The number of nitrogens with one attached hydrogen (secondary N) is 1. The van der Waals surface area contributed by atoms with Crippen LogP contribution in [0.2, 0.25) is 0 Å². The van der Waals surface area contributed by atoms with E-state index in [9.17, 15) is 19.2 Å². The van der Waals surface area contributed by atoms with Crippen molar-refractivity contribution < 1.29 is 24.3 Å². The van der Waals surface area contributed by atoms with Gasteiger partial charge in [-0.05, 0) is 37.1 Å². The van der Waals surface area contributed by atoms with Crippen LogP contribution >= 0.6 is 31.9 Å². The van der Waals surface area contributed by atoms with Crippen molar-refractivity contribution in [1.82, 2.24) is 4.90 Å². The lowest BCUT2D eigenvalue weighted by Gasteiger charge is -2.29. The van der Waals surface area contributed by atoms with Gasteiger partial charge in [0, 0.05) is 15.3 Å². The van der Waals surface area contributed by atoms with Crippen molar-refractivity contribution >= 4 is 61.2 Å². The van der Waals surface area contributed by atoms with E-state index >= 15 is 0 Å². The third-order valence-electron chi connectivity index (χ3n) is 4.72. The average molecular weight is 488 g/mol. The first-order valence-electron chi connectivity index (χ1n) is 8.04. The Morgan fingerprint density at radius 2 is 1.54 bits per heavy atom. The van der Waals surface area contributed by atoms with E-state index in [1.54, 1.807) is 0 Å². The molecule has 1 aliphatic heterocycles. The van der Waals surface area contributed by atoms with Crippen LogP contribution in [0.4, 0.5) is 5.69 Å². The van der Waals surface area contributed by atoms with Crippen LogP contribution in [0.1, 0.15) is 23.2 Å². The third kappa shape index (κ3) is 3.68. The molecule has 0 radical (unpaired) electrons. The van der Waals surface area contributed by atoms with E-state index in [1.807, 2.05) is 0 Å². The second-order valence-electron chi connectivity index (χ2n) is 6.41. The molecular formula is C17H16Br2N2O5. The minimum absolute atomic E-state index is 0.102. The Morgan fingerprint density at radius 3 is 2.00 bits per heavy atom. The number of nitrogens with zero attached hydrogens (tertiary/aromatic N) is 1. The summed E-state index contributed by atoms with van der Waals surface area (Å²) >= 11 is 7.04. The molecule has 1 heterocycles. The molecule has 2 fully saturated rings. The van der Waals surface area contributed by atoms with Crippen LogP contribution in [0.15, 0.2) is 24.3 Å². The maximum absolute atomic E-state index is 12.5. The number of anilines is 1. The van der Waals surface area contributed by atoms with Crippen LogP contribution in [0.3, 0.4) is 0 Å². The highest BCUT2D eigenvalue weighted by Crippen LogP contribution is 2.43. The van der Waals surface area contributed by atoms with Crippen LogP contribution in [0, 0.1) is 11.8 Å². The van der Waals surface area contributed by atoms with E-state index < -0.39 is 11.9 Å². The number of carbonyl (C=O) groups is 4. The Labute approximate surface area is 166 Å². The first-order valence-corrected chi connectivity index (χ1v) is 9.87. The predicted molar refractivity (Wildman–Crippen MR) is 100 cm³/mol. The van der Waals surface area contributed by atoms with Gasteiger partial charge in [0.25, 0.3) is 0 Å². The van der Waals surface area contributed by atoms with Crippen LogP contribution in [0.25, 0.3) is 0 Å². The van der Waals surface area contributed by atoms with Crippen LogP contribution in [-0.4, -0.2) is 49.9 Å². The summed E-state index contributed by atoms with van der Waals surface area (Å²) in [6.07, 6.45) is 1.11. The fourth-order valence-corrected chi connectivity index (χ4v) is 4.60. The number of amides is 3. The number of imide groups is 1. The minimum Gasteiger partial charge on any atom is -0.478 e. The van der Waals surface area contributed by atoms with Gasteiger partial charge in [-0.2, -0.15) is 0 Å². The number of likely N-dealkylation sites (tertiary alicyclic amines) is 1. The average Bonchev–Trinajstić information content (AvgIpc) is 2.80. The Morgan fingerprint density at radius 1 is 1.04 bits per heavy atom. The van der Waals surface area contributed by atoms with E-state index in [0.29, 0.717) is 18.5 Å². The fraction of sp³-hybridized carbons (Fsp3) is 0.412. The molecule has 1 aromatic rings. The van der Waals surface area contributed by atoms with Crippen molar-refractivity contribution in [2.45, 2.75) is 22.5 Å². The highest BCUT2D eigenvalue weighted by atomic mass is 79.9. The zero-order chi connectivity index (χ0) is 19.0. The van der Waals surface area contributed by atoms with Gasteiger partial charge in [-0.25, -0.2) is 4.79 Å². The number of halogens is 2. The monoisotopic (exact) mass is 486 g/mol. The lowest BCUT2D eigenvalue weighted by Crippen LogP contribution is -2.38. The predicted octanol–water partition coefficient (Wildman–Crippen LogP) is 2.25. The normalized spacial score (nSPS) is 28.0. The fourth-order valence-electron chi connectivity index (χ4n) is 3.36. The zero-order valence-electron chi connectivity index (χ0n) is 13.5. The van der Waals surface area contributed by atoms with Gasteiger partial charge in [0.05, 0.1) is 17.4 Å². The Kier molecular flexibility index (Phi) is 5.47. The van der Waals surface area contributed by atoms with Crippen LogP contribution < -0.4 is 5.32 Å². The van der Waals surface area contributed by atoms with E-state index in [0.717, 1.165) is 4.90 Å². The summed E-state index contributed by atoms with van der Waals surface area (Å²) in [5, 5.41) is 11.4. The summed E-state index contributed by atoms with van der Waals surface area (Å²) < 4.78 is 0. The minimum atomic E-state index is -1.06. The summed E-state index contributed by atoms with van der Waals surface area (Å²) in [5.41, 5.74) is 0.503. The number of fused-ring (bicyclic) bond motifs is 1. The Hall–Kier alpha value is -1.74. The molecule has 2 aliphatic rings. The van der Waals surface area contributed by atoms with Gasteiger partial charge >= 0.3 is 5.97 Å². The van der Waals surface area contributed by atoms with Gasteiger partial charge in [-0.1, -0.05) is 31.9 Å². The smallest absolute Gasteiger partial charge is 0.335 e. The highest BCUT2D eigenvalue weighted by molar-refractivity contribution is 9.12. The van der Waals surface area contributed by atoms with Crippen LogP contribution in [-0.2, 0) is 14.4 Å². The summed E-state index contributed by atoms with van der Waals surface area (Å²) in [4.78, 5) is 49.4. The second kappa shape index (κ2) is 7.48. The largest absolute Gasteiger partial charge is 0.478 e. The second-order valence-corrected chi connectivity index (χ2v) is 8.76. The number of alkyl halides is 2. The number of carbonyl (C=O) groups excluding carboxylic acids is 3. The first-order chi connectivity index (χ1) is 12.3. The van der Waals surface area contributed by atoms with Gasteiger partial charge in [0.15, 0.2) is 0 Å². The summed E-state index contributed by atoms with van der Waals surface area (Å²) in [7, 11) is 0. The molecule has 2 N–H and O–H groups in total. The number of carboxylic acid groups (broad SMARTS) is 1. The molecule has 1 aliphatic carbocycles. The molecule has 3 rings (SSSR count). The summed E-state index contributed by atoms with van der Waals surface area (Å²) in [5.74, 6) is -2.94. The molecule has 0 spiro atoms. The molecular weight excluding hydrogens is 472 g/mol. The lowest BCUT2D eigenvalue weighted by atomic mass is 9.81. The van der Waals surface area contributed by atoms with E-state index in [1.165, 1.54) is 24.3 Å². The first kappa shape index (κ1) is 19.0. The molecule has 9 heteroatoms. The van der Waals surface area contributed by atoms with E-state index in [4.69, 9.17) is 5.11 Å². The van der Waals surface area contributed by atoms with Crippen molar-refractivity contribution in [1.29, 1.82) is 0 Å². The van der Waals surface area contributed by atoms with Crippen molar-refractivity contribution in [3.8, 4) is 0 Å². The molecule has 26 heavy (non-hydrogen) atoms. The van der Waals surface area contributed by atoms with Gasteiger partial charge in [-0.15, -0.1) is 0 Å². The van der Waals surface area contributed by atoms with Gasteiger partial charge in [-0.3, -0.25) is 19.3 Å². The van der Waals surface area contributed by atoms with Gasteiger partial charge < -0.3 is 10.4 Å². The molecule has 1 saturated carbocycles. The molecule has 7 nitrogen and oxygen atoms in total. The molecule has 0 aromatic heterocycles.